The molecule has 4 heteroatoms. The van der Waals surface area contributed by atoms with E-state index in [0.29, 0.717) is 0 Å². The van der Waals surface area contributed by atoms with Gasteiger partial charge in [0.1, 0.15) is 26.3 Å². The molecule has 2 aromatic heterocycles. The fourth-order valence-electron chi connectivity index (χ4n) is 6.33. The van der Waals surface area contributed by atoms with Crippen LogP contribution >= 0.6 is 0 Å². The van der Waals surface area contributed by atoms with Gasteiger partial charge in [0.05, 0.1) is 12.1 Å². The number of aromatic nitrogens is 1. The molecule has 38 heavy (non-hydrogen) atoms. The van der Waals surface area contributed by atoms with Crippen LogP contribution in [-0.2, 0) is 7.05 Å². The summed E-state index contributed by atoms with van der Waals surface area (Å²) in [6, 6.07) is 30.1. The number of aryl methyl sites for hydroxylation is 2. The van der Waals surface area contributed by atoms with Crippen LogP contribution in [0.3, 0.4) is 0 Å². The number of hydrogen-bond donors (Lipinski definition) is 0. The summed E-state index contributed by atoms with van der Waals surface area (Å²) in [6.45, 7) is 14.7. The van der Waals surface area contributed by atoms with E-state index in [2.05, 4.69) is 109 Å². The van der Waals surface area contributed by atoms with E-state index in [1.54, 1.807) is 0 Å². The van der Waals surface area contributed by atoms with Crippen LogP contribution in [0.2, 0.25) is 13.1 Å². The molecule has 0 bridgehead atoms. The summed E-state index contributed by atoms with van der Waals surface area (Å²) in [6.07, 6.45) is 2.08. The normalized spacial score (nSPS) is 13.4. The van der Waals surface area contributed by atoms with Crippen LogP contribution in [0.5, 0.6) is 0 Å². The molecule has 7 rings (SSSR count). The van der Waals surface area contributed by atoms with Crippen LogP contribution in [0.4, 0.5) is 5.69 Å². The molecule has 0 radical (unpaired) electrons. The highest BCUT2D eigenvalue weighted by atomic mass is 28.3. The van der Waals surface area contributed by atoms with Crippen LogP contribution in [0.15, 0.2) is 95.5 Å². The first-order valence-corrected chi connectivity index (χ1v) is 16.0. The molecule has 0 aliphatic carbocycles. The highest BCUT2D eigenvalue weighted by molar-refractivity contribution is 7.04. The zero-order chi connectivity index (χ0) is 26.2. The number of furan rings is 1. The van der Waals surface area contributed by atoms with Gasteiger partial charge >= 0.3 is 0 Å². The van der Waals surface area contributed by atoms with Gasteiger partial charge in [0.25, 0.3) is 0 Å². The van der Waals surface area contributed by atoms with Crippen molar-refractivity contribution in [2.24, 2.45) is 7.05 Å². The molecule has 6 aromatic rings. The van der Waals surface area contributed by atoms with Crippen molar-refractivity contribution in [1.29, 1.82) is 0 Å². The van der Waals surface area contributed by atoms with Gasteiger partial charge in [-0.15, -0.1) is 0 Å². The highest BCUT2D eigenvalue weighted by Gasteiger charge is 2.38. The molecule has 1 aliphatic rings. The fraction of sp³-hybridized carbons (Fsp3) is 0.118. The first kappa shape index (κ1) is 22.7. The van der Waals surface area contributed by atoms with Crippen molar-refractivity contribution in [3.8, 4) is 33.5 Å². The molecule has 0 spiro atoms. The van der Waals surface area contributed by atoms with Gasteiger partial charge in [-0.3, -0.25) is 0 Å². The standard InChI is InChI=1S/C34H27N2OSi/c1-21-15-17-25-24-11-8-10-23(33(24)37-34(25)31(21)28-13-6-7-19-36(28)3)22-16-18-29-26(20-22)32-27(35-2)12-9-14-30(32)38(29,4)5/h6-20H,1,3-5H3/q+1. The van der Waals surface area contributed by atoms with Gasteiger partial charge in [-0.25, -0.2) is 9.41 Å². The van der Waals surface area contributed by atoms with Gasteiger partial charge in [0, 0.05) is 28.5 Å². The van der Waals surface area contributed by atoms with Gasteiger partial charge in [-0.05, 0) is 46.5 Å². The maximum atomic E-state index is 7.82. The number of nitrogens with zero attached hydrogens (tertiary/aromatic N) is 2. The molecule has 0 saturated heterocycles. The largest absolute Gasteiger partial charge is 0.454 e. The van der Waals surface area contributed by atoms with Crippen molar-refractivity contribution in [3.05, 3.63) is 108 Å². The van der Waals surface area contributed by atoms with Gasteiger partial charge in [0.15, 0.2) is 11.9 Å². The van der Waals surface area contributed by atoms with Crippen LogP contribution in [0.1, 0.15) is 5.56 Å². The second-order valence-corrected chi connectivity index (χ2v) is 15.1. The van der Waals surface area contributed by atoms with Gasteiger partial charge < -0.3 is 4.42 Å². The van der Waals surface area contributed by atoms with E-state index in [4.69, 9.17) is 11.0 Å². The lowest BCUT2D eigenvalue weighted by molar-refractivity contribution is -0.660. The van der Waals surface area contributed by atoms with Crippen LogP contribution in [0, 0.1) is 13.5 Å². The summed E-state index contributed by atoms with van der Waals surface area (Å²) in [5, 5.41) is 5.01. The SMILES string of the molecule is [C-]#[N+]c1cccc2c1-c1cc(-c3cccc4c3oc3c(-c5cccc[n+]5C)c(C)ccc34)ccc1[Si]2(C)C. The van der Waals surface area contributed by atoms with Crippen molar-refractivity contribution in [1.82, 2.24) is 0 Å². The average Bonchev–Trinajstić information content (AvgIpc) is 3.41. The molecule has 4 aromatic carbocycles. The van der Waals surface area contributed by atoms with E-state index >= 15 is 0 Å². The topological polar surface area (TPSA) is 21.4 Å². The second kappa shape index (κ2) is 8.02. The van der Waals surface area contributed by atoms with E-state index in [1.807, 2.05) is 18.2 Å². The molecular formula is C34H27N2OSi+. The number of para-hydroxylation sites is 1. The average molecular weight is 508 g/mol. The van der Waals surface area contributed by atoms with Crippen molar-refractivity contribution in [3.63, 3.8) is 0 Å². The lowest BCUT2D eigenvalue weighted by Crippen LogP contribution is -2.49. The summed E-state index contributed by atoms with van der Waals surface area (Å²) >= 11 is 0. The Hall–Kier alpha value is -4.46. The maximum Gasteiger partial charge on any atom is 0.216 e. The van der Waals surface area contributed by atoms with E-state index in [9.17, 15) is 0 Å². The van der Waals surface area contributed by atoms with Gasteiger partial charge in [-0.2, -0.15) is 0 Å². The van der Waals surface area contributed by atoms with Crippen molar-refractivity contribution in [2.45, 2.75) is 20.0 Å². The van der Waals surface area contributed by atoms with Crippen LogP contribution in [-0.4, -0.2) is 8.07 Å². The molecule has 3 nitrogen and oxygen atoms in total. The fourth-order valence-corrected chi connectivity index (χ4v) is 9.40. The quantitative estimate of drug-likeness (QED) is 0.136. The van der Waals surface area contributed by atoms with E-state index in [1.165, 1.54) is 21.5 Å². The number of fused-ring (bicyclic) bond motifs is 6. The maximum absolute atomic E-state index is 7.82. The zero-order valence-corrected chi connectivity index (χ0v) is 23.0. The molecule has 1 aliphatic heterocycles. The lowest BCUT2D eigenvalue weighted by Gasteiger charge is -2.19. The number of benzene rings is 4. The molecule has 182 valence electrons. The Morgan fingerprint density at radius 2 is 1.58 bits per heavy atom. The smallest absolute Gasteiger partial charge is 0.216 e. The third-order valence-electron chi connectivity index (χ3n) is 8.30. The summed E-state index contributed by atoms with van der Waals surface area (Å²) in [5.74, 6) is 0. The van der Waals surface area contributed by atoms with Crippen LogP contribution in [0.25, 0.3) is 60.3 Å². The summed E-state index contributed by atoms with van der Waals surface area (Å²) in [4.78, 5) is 3.89. The summed E-state index contributed by atoms with van der Waals surface area (Å²) in [7, 11) is 0.217. The molecule has 0 saturated carbocycles. The Balaban J connectivity index is 1.50. The number of pyridine rings is 1. The summed E-state index contributed by atoms with van der Waals surface area (Å²) < 4.78 is 8.93. The Labute approximate surface area is 223 Å². The minimum absolute atomic E-state index is 0.747. The molecule has 0 unspecified atom stereocenters. The Morgan fingerprint density at radius 3 is 2.39 bits per heavy atom. The molecule has 0 atom stereocenters. The van der Waals surface area contributed by atoms with Crippen molar-refractivity contribution >= 4 is 46.1 Å². The lowest BCUT2D eigenvalue weighted by atomic mass is 9.96. The monoisotopic (exact) mass is 507 g/mol. The molecule has 0 fully saturated rings. The first-order chi connectivity index (χ1) is 18.4. The Kier molecular flexibility index (Phi) is 4.79. The third kappa shape index (κ3) is 3.03. The van der Waals surface area contributed by atoms with Gasteiger partial charge in [-0.1, -0.05) is 78.9 Å². The minimum Gasteiger partial charge on any atom is -0.454 e. The number of rotatable bonds is 2. The summed E-state index contributed by atoms with van der Waals surface area (Å²) in [5.41, 5.74) is 10.6. The molecule has 0 amide bonds. The predicted octanol–water partition coefficient (Wildman–Crippen LogP) is 7.41. The van der Waals surface area contributed by atoms with E-state index in [0.717, 1.165) is 55.6 Å². The highest BCUT2D eigenvalue weighted by Crippen LogP contribution is 2.42. The van der Waals surface area contributed by atoms with Crippen LogP contribution < -0.4 is 14.9 Å². The van der Waals surface area contributed by atoms with Crippen molar-refractivity contribution < 1.29 is 8.98 Å². The van der Waals surface area contributed by atoms with E-state index in [-0.39, 0.29) is 0 Å². The number of hydrogen-bond acceptors (Lipinski definition) is 1. The minimum atomic E-state index is -1.86. The van der Waals surface area contributed by atoms with Gasteiger partial charge in [0.2, 0.25) is 5.69 Å². The van der Waals surface area contributed by atoms with Crippen molar-refractivity contribution in [2.75, 3.05) is 0 Å². The van der Waals surface area contributed by atoms with E-state index < -0.39 is 8.07 Å². The predicted molar refractivity (Wildman–Crippen MR) is 159 cm³/mol. The molecular weight excluding hydrogens is 480 g/mol. The Morgan fingerprint density at radius 1 is 0.763 bits per heavy atom. The first-order valence-electron chi connectivity index (χ1n) is 13.0. The Bertz CT molecular complexity index is 1990. The molecule has 3 heterocycles. The zero-order valence-electron chi connectivity index (χ0n) is 22.0. The second-order valence-electron chi connectivity index (χ2n) is 10.8. The molecule has 0 N–H and O–H groups in total. The third-order valence-corrected chi connectivity index (χ3v) is 11.8.